The van der Waals surface area contributed by atoms with Crippen molar-refractivity contribution in [3.05, 3.63) is 46.8 Å². The van der Waals surface area contributed by atoms with E-state index in [4.69, 9.17) is 14.2 Å². The average molecular weight is 329 g/mol. The average Bonchev–Trinajstić information content (AvgIpc) is 3.15. The van der Waals surface area contributed by atoms with Gasteiger partial charge in [0.05, 0.1) is 5.56 Å². The van der Waals surface area contributed by atoms with E-state index in [0.717, 1.165) is 17.9 Å². The van der Waals surface area contributed by atoms with Crippen molar-refractivity contribution in [3.63, 3.8) is 0 Å². The second-order valence-corrected chi connectivity index (χ2v) is 5.60. The van der Waals surface area contributed by atoms with Crippen LogP contribution < -0.4 is 9.47 Å². The Hall–Kier alpha value is -2.76. The van der Waals surface area contributed by atoms with Crippen LogP contribution in [0.25, 0.3) is 0 Å². The number of benzene rings is 1. The van der Waals surface area contributed by atoms with E-state index >= 15 is 0 Å². The number of aryl methyl sites for hydroxylation is 1. The first-order chi connectivity index (χ1) is 11.5. The Kier molecular flexibility index (Phi) is 4.29. The van der Waals surface area contributed by atoms with Crippen molar-refractivity contribution >= 4 is 11.8 Å². The minimum Gasteiger partial charge on any atom is -0.454 e. The lowest BCUT2D eigenvalue weighted by molar-refractivity contribution is 0.0474. The van der Waals surface area contributed by atoms with Crippen molar-refractivity contribution in [3.8, 4) is 11.5 Å². The summed E-state index contributed by atoms with van der Waals surface area (Å²) in [4.78, 5) is 24.5. The second-order valence-electron chi connectivity index (χ2n) is 5.60. The van der Waals surface area contributed by atoms with Crippen LogP contribution in [0.15, 0.2) is 24.3 Å². The molecule has 0 saturated heterocycles. The Labute approximate surface area is 139 Å². The molecule has 2 heterocycles. The van der Waals surface area contributed by atoms with Gasteiger partial charge >= 0.3 is 5.97 Å². The fourth-order valence-corrected chi connectivity index (χ4v) is 2.86. The lowest BCUT2D eigenvalue weighted by Gasteiger charge is -2.07. The van der Waals surface area contributed by atoms with E-state index < -0.39 is 5.97 Å². The van der Waals surface area contributed by atoms with Gasteiger partial charge in [-0.15, -0.1) is 0 Å². The molecule has 0 bridgehead atoms. The van der Waals surface area contributed by atoms with Crippen molar-refractivity contribution in [1.29, 1.82) is 0 Å². The lowest BCUT2D eigenvalue weighted by atomic mass is 10.1. The maximum absolute atomic E-state index is 12.2. The van der Waals surface area contributed by atoms with E-state index in [1.54, 1.807) is 24.3 Å². The number of fused-ring (bicyclic) bond motifs is 1. The van der Waals surface area contributed by atoms with Gasteiger partial charge in [-0.3, -0.25) is 4.79 Å². The van der Waals surface area contributed by atoms with Gasteiger partial charge in [-0.25, -0.2) is 4.79 Å². The zero-order valence-corrected chi connectivity index (χ0v) is 13.9. The van der Waals surface area contributed by atoms with Crippen molar-refractivity contribution in [1.82, 2.24) is 4.57 Å². The number of Topliss-reactive ketones (excluding diaryl/α,β-unsaturated/α-hetero) is 1. The van der Waals surface area contributed by atoms with Gasteiger partial charge in [0.25, 0.3) is 0 Å². The lowest BCUT2D eigenvalue weighted by Crippen LogP contribution is -2.15. The third kappa shape index (κ3) is 2.87. The number of rotatable bonds is 5. The third-order valence-corrected chi connectivity index (χ3v) is 4.14. The first-order valence-electron chi connectivity index (χ1n) is 7.78. The quantitative estimate of drug-likeness (QED) is 0.623. The zero-order chi connectivity index (χ0) is 17.3. The highest BCUT2D eigenvalue weighted by Gasteiger charge is 2.20. The third-order valence-electron chi connectivity index (χ3n) is 4.14. The molecule has 0 unspecified atom stereocenters. The van der Waals surface area contributed by atoms with Gasteiger partial charge in [0.15, 0.2) is 23.9 Å². The number of carbonyl (C=O) groups excluding carboxylic acids is 2. The highest BCUT2D eigenvalue weighted by molar-refractivity contribution is 6.00. The van der Waals surface area contributed by atoms with Gasteiger partial charge in [0, 0.05) is 23.5 Å². The van der Waals surface area contributed by atoms with Crippen LogP contribution in [-0.4, -0.2) is 29.7 Å². The van der Waals surface area contributed by atoms with Gasteiger partial charge in [0.2, 0.25) is 6.79 Å². The summed E-state index contributed by atoms with van der Waals surface area (Å²) in [5, 5.41) is 0. The fraction of sp³-hybridized carbons (Fsp3) is 0.333. The van der Waals surface area contributed by atoms with Gasteiger partial charge in [-0.05, 0) is 45.0 Å². The first kappa shape index (κ1) is 16.1. The summed E-state index contributed by atoms with van der Waals surface area (Å²) in [6.45, 7) is 6.43. The molecule has 1 aromatic carbocycles. The standard InChI is InChI=1S/C18H19NO5/c1-4-19-11(2)7-14(12(19)3)18(21)22-9-15(20)13-5-6-16-17(8-13)24-10-23-16/h5-8H,4,9-10H2,1-3H3. The van der Waals surface area contributed by atoms with Crippen LogP contribution in [0.3, 0.4) is 0 Å². The van der Waals surface area contributed by atoms with E-state index in [1.165, 1.54) is 0 Å². The molecule has 1 aromatic heterocycles. The van der Waals surface area contributed by atoms with Gasteiger partial charge in [0.1, 0.15) is 0 Å². The molecular weight excluding hydrogens is 310 g/mol. The first-order valence-corrected chi connectivity index (χ1v) is 7.78. The van der Waals surface area contributed by atoms with Crippen LogP contribution in [0, 0.1) is 13.8 Å². The highest BCUT2D eigenvalue weighted by Crippen LogP contribution is 2.32. The van der Waals surface area contributed by atoms with E-state index in [1.807, 2.05) is 25.3 Å². The van der Waals surface area contributed by atoms with Crippen molar-refractivity contribution in [2.45, 2.75) is 27.3 Å². The topological polar surface area (TPSA) is 66.8 Å². The summed E-state index contributed by atoms with van der Waals surface area (Å²) in [5.41, 5.74) is 2.75. The molecule has 3 rings (SSSR count). The SMILES string of the molecule is CCn1c(C)cc(C(=O)OCC(=O)c2ccc3c(c2)OCO3)c1C. The maximum Gasteiger partial charge on any atom is 0.340 e. The molecule has 0 saturated carbocycles. The van der Waals surface area contributed by atoms with Crippen LogP contribution in [0.1, 0.15) is 39.0 Å². The molecule has 1 aliphatic rings. The number of carbonyl (C=O) groups is 2. The highest BCUT2D eigenvalue weighted by atomic mass is 16.7. The van der Waals surface area contributed by atoms with Gasteiger partial charge in [-0.2, -0.15) is 0 Å². The molecule has 24 heavy (non-hydrogen) atoms. The Morgan fingerprint density at radius 2 is 1.92 bits per heavy atom. The molecule has 126 valence electrons. The summed E-state index contributed by atoms with van der Waals surface area (Å²) in [5.74, 6) is 0.358. The molecule has 0 N–H and O–H groups in total. The monoisotopic (exact) mass is 329 g/mol. The van der Waals surface area contributed by atoms with Crippen molar-refractivity contribution < 1.29 is 23.8 Å². The summed E-state index contributed by atoms with van der Waals surface area (Å²) in [6.07, 6.45) is 0. The molecular formula is C18H19NO5. The normalized spacial score (nSPS) is 12.3. The molecule has 0 atom stereocenters. The van der Waals surface area contributed by atoms with Crippen LogP contribution in [0.4, 0.5) is 0 Å². The molecule has 6 nitrogen and oxygen atoms in total. The molecule has 0 fully saturated rings. The number of aromatic nitrogens is 1. The van der Waals surface area contributed by atoms with Crippen LogP contribution in [0.5, 0.6) is 11.5 Å². The smallest absolute Gasteiger partial charge is 0.340 e. The Bertz CT molecular complexity index is 806. The maximum atomic E-state index is 12.2. The number of ether oxygens (including phenoxy) is 3. The molecule has 6 heteroatoms. The molecule has 0 spiro atoms. The Morgan fingerprint density at radius 1 is 1.17 bits per heavy atom. The van der Waals surface area contributed by atoms with Crippen LogP contribution >= 0.6 is 0 Å². The van der Waals surface area contributed by atoms with Crippen LogP contribution in [-0.2, 0) is 11.3 Å². The molecule has 2 aromatic rings. The largest absolute Gasteiger partial charge is 0.454 e. The summed E-state index contributed by atoms with van der Waals surface area (Å²) >= 11 is 0. The predicted octanol–water partition coefficient (Wildman–Crippen LogP) is 2.89. The summed E-state index contributed by atoms with van der Waals surface area (Å²) in [6, 6.07) is 6.69. The van der Waals surface area contributed by atoms with E-state index in [9.17, 15) is 9.59 Å². The minimum absolute atomic E-state index is 0.148. The van der Waals surface area contributed by atoms with E-state index in [2.05, 4.69) is 0 Å². The number of esters is 1. The molecule has 1 aliphatic heterocycles. The minimum atomic E-state index is -0.489. The van der Waals surface area contributed by atoms with Crippen molar-refractivity contribution in [2.75, 3.05) is 13.4 Å². The Morgan fingerprint density at radius 3 is 2.62 bits per heavy atom. The fourth-order valence-electron chi connectivity index (χ4n) is 2.86. The molecule has 0 aliphatic carbocycles. The van der Waals surface area contributed by atoms with E-state index in [0.29, 0.717) is 22.6 Å². The van der Waals surface area contributed by atoms with Gasteiger partial charge in [-0.1, -0.05) is 0 Å². The predicted molar refractivity (Wildman–Crippen MR) is 86.8 cm³/mol. The van der Waals surface area contributed by atoms with E-state index in [-0.39, 0.29) is 19.2 Å². The number of nitrogens with zero attached hydrogens (tertiary/aromatic N) is 1. The molecule has 0 amide bonds. The number of hydrogen-bond donors (Lipinski definition) is 0. The summed E-state index contributed by atoms with van der Waals surface area (Å²) in [7, 11) is 0. The summed E-state index contributed by atoms with van der Waals surface area (Å²) < 4.78 is 17.7. The Balaban J connectivity index is 1.67. The molecule has 0 radical (unpaired) electrons. The number of ketones is 1. The van der Waals surface area contributed by atoms with Crippen LogP contribution in [0.2, 0.25) is 0 Å². The van der Waals surface area contributed by atoms with Gasteiger partial charge < -0.3 is 18.8 Å². The zero-order valence-electron chi connectivity index (χ0n) is 13.9. The van der Waals surface area contributed by atoms with Crippen molar-refractivity contribution in [2.24, 2.45) is 0 Å². The second kappa shape index (κ2) is 6.39. The number of hydrogen-bond acceptors (Lipinski definition) is 5.